The number of hydrogen-bond acceptors (Lipinski definition) is 4. The number of hydrogen-bond donors (Lipinski definition) is 1. The molecule has 106 valence electrons. The zero-order valence-corrected chi connectivity index (χ0v) is 12.3. The molecule has 3 aromatic rings. The highest BCUT2D eigenvalue weighted by atomic mass is 15.5. The van der Waals surface area contributed by atoms with Crippen molar-refractivity contribution in [1.82, 2.24) is 20.2 Å². The maximum Gasteiger partial charge on any atom is 0.189 e. The normalized spacial score (nSPS) is 10.8. The summed E-state index contributed by atoms with van der Waals surface area (Å²) in [5.41, 5.74) is 12.0. The molecule has 0 aliphatic carbocycles. The monoisotopic (exact) mass is 279 g/mol. The van der Waals surface area contributed by atoms with Crippen LogP contribution in [0.3, 0.4) is 0 Å². The van der Waals surface area contributed by atoms with E-state index in [1.54, 1.807) is 4.68 Å². The first-order valence-electron chi connectivity index (χ1n) is 6.79. The van der Waals surface area contributed by atoms with Gasteiger partial charge in [0, 0.05) is 11.3 Å². The topological polar surface area (TPSA) is 69.6 Å². The van der Waals surface area contributed by atoms with E-state index >= 15 is 0 Å². The van der Waals surface area contributed by atoms with E-state index in [1.165, 1.54) is 0 Å². The van der Waals surface area contributed by atoms with Crippen LogP contribution >= 0.6 is 0 Å². The Balaban J connectivity index is 2.22. The van der Waals surface area contributed by atoms with E-state index in [1.807, 2.05) is 39.0 Å². The Morgan fingerprint density at radius 3 is 2.62 bits per heavy atom. The smallest absolute Gasteiger partial charge is 0.189 e. The van der Waals surface area contributed by atoms with Gasteiger partial charge in [-0.2, -0.15) is 4.68 Å². The predicted octanol–water partition coefficient (Wildman–Crippen LogP) is 2.84. The van der Waals surface area contributed by atoms with Gasteiger partial charge >= 0.3 is 0 Å². The van der Waals surface area contributed by atoms with Gasteiger partial charge in [0.15, 0.2) is 5.82 Å². The molecule has 0 saturated carbocycles. The van der Waals surface area contributed by atoms with Crippen LogP contribution in [0.15, 0.2) is 36.4 Å². The molecular formula is C16H17N5. The van der Waals surface area contributed by atoms with Crippen LogP contribution in [0.4, 0.5) is 5.69 Å². The van der Waals surface area contributed by atoms with Crippen LogP contribution in [-0.2, 0) is 0 Å². The maximum absolute atomic E-state index is 6.18. The first-order chi connectivity index (χ1) is 10.1. The van der Waals surface area contributed by atoms with Crippen LogP contribution in [0, 0.1) is 20.8 Å². The molecule has 21 heavy (non-hydrogen) atoms. The molecule has 0 aliphatic rings. The number of aromatic nitrogens is 4. The van der Waals surface area contributed by atoms with Gasteiger partial charge in [-0.25, -0.2) is 0 Å². The minimum absolute atomic E-state index is 0.657. The second-order valence-corrected chi connectivity index (χ2v) is 5.24. The second-order valence-electron chi connectivity index (χ2n) is 5.24. The molecular weight excluding hydrogens is 262 g/mol. The van der Waals surface area contributed by atoms with E-state index in [0.29, 0.717) is 11.5 Å². The molecule has 0 unspecified atom stereocenters. The lowest BCUT2D eigenvalue weighted by atomic mass is 10.1. The Kier molecular flexibility index (Phi) is 3.17. The van der Waals surface area contributed by atoms with Crippen molar-refractivity contribution in [3.8, 4) is 17.1 Å². The summed E-state index contributed by atoms with van der Waals surface area (Å²) in [6.45, 7) is 6.07. The summed E-state index contributed by atoms with van der Waals surface area (Å²) in [6, 6.07) is 12.1. The molecule has 0 spiro atoms. The third kappa shape index (κ3) is 2.27. The molecule has 0 saturated heterocycles. The molecule has 2 aromatic carbocycles. The van der Waals surface area contributed by atoms with Crippen LogP contribution in [-0.4, -0.2) is 20.2 Å². The van der Waals surface area contributed by atoms with E-state index in [4.69, 9.17) is 5.73 Å². The van der Waals surface area contributed by atoms with Crippen LogP contribution in [0.1, 0.15) is 16.7 Å². The molecule has 0 radical (unpaired) electrons. The van der Waals surface area contributed by atoms with E-state index < -0.39 is 0 Å². The van der Waals surface area contributed by atoms with Gasteiger partial charge in [0.05, 0.1) is 5.69 Å². The molecule has 2 N–H and O–H groups in total. The number of anilines is 1. The van der Waals surface area contributed by atoms with Gasteiger partial charge in [-0.1, -0.05) is 24.3 Å². The Bertz CT molecular complexity index is 788. The third-order valence-electron chi connectivity index (χ3n) is 3.63. The van der Waals surface area contributed by atoms with Crippen LogP contribution in [0.25, 0.3) is 17.1 Å². The summed E-state index contributed by atoms with van der Waals surface area (Å²) in [5.74, 6) is 0.657. The summed E-state index contributed by atoms with van der Waals surface area (Å²) in [7, 11) is 0. The second kappa shape index (κ2) is 5.01. The fraction of sp³-hybridized carbons (Fsp3) is 0.188. The number of rotatable bonds is 2. The van der Waals surface area contributed by atoms with Crippen LogP contribution in [0.2, 0.25) is 0 Å². The largest absolute Gasteiger partial charge is 0.398 e. The molecule has 0 atom stereocenters. The summed E-state index contributed by atoms with van der Waals surface area (Å²) < 4.78 is 1.74. The molecule has 0 bridgehead atoms. The van der Waals surface area contributed by atoms with Crippen molar-refractivity contribution in [3.63, 3.8) is 0 Å². The zero-order valence-electron chi connectivity index (χ0n) is 12.3. The van der Waals surface area contributed by atoms with Crippen molar-refractivity contribution in [2.45, 2.75) is 20.8 Å². The maximum atomic E-state index is 6.18. The summed E-state index contributed by atoms with van der Waals surface area (Å²) in [4.78, 5) is 0. The van der Waals surface area contributed by atoms with Crippen molar-refractivity contribution in [3.05, 3.63) is 53.1 Å². The zero-order chi connectivity index (χ0) is 15.0. The van der Waals surface area contributed by atoms with Crippen molar-refractivity contribution in [2.24, 2.45) is 0 Å². The van der Waals surface area contributed by atoms with Gasteiger partial charge in [-0.15, -0.1) is 5.10 Å². The molecule has 0 aliphatic heterocycles. The minimum atomic E-state index is 0.657. The molecule has 3 rings (SSSR count). The molecule has 5 nitrogen and oxygen atoms in total. The van der Waals surface area contributed by atoms with E-state index in [0.717, 1.165) is 27.9 Å². The number of para-hydroxylation sites is 1. The van der Waals surface area contributed by atoms with Crippen molar-refractivity contribution in [2.75, 3.05) is 5.73 Å². The highest BCUT2D eigenvalue weighted by molar-refractivity contribution is 5.75. The number of benzene rings is 2. The SMILES string of the molecule is Cc1ccc(C)c(-n2nnnc2-c2cccc(C)c2N)c1. The average Bonchev–Trinajstić information content (AvgIpc) is 2.93. The summed E-state index contributed by atoms with van der Waals surface area (Å²) >= 11 is 0. The van der Waals surface area contributed by atoms with Gasteiger partial charge in [-0.05, 0) is 60.0 Å². The van der Waals surface area contributed by atoms with Gasteiger partial charge < -0.3 is 5.73 Å². The predicted molar refractivity (Wildman–Crippen MR) is 83.2 cm³/mol. The molecule has 0 fully saturated rings. The summed E-state index contributed by atoms with van der Waals surface area (Å²) in [6.07, 6.45) is 0. The Hall–Kier alpha value is -2.69. The van der Waals surface area contributed by atoms with Crippen molar-refractivity contribution < 1.29 is 0 Å². The van der Waals surface area contributed by atoms with Crippen LogP contribution < -0.4 is 5.73 Å². The van der Waals surface area contributed by atoms with Crippen molar-refractivity contribution >= 4 is 5.69 Å². The number of aryl methyl sites for hydroxylation is 3. The third-order valence-corrected chi connectivity index (χ3v) is 3.63. The van der Waals surface area contributed by atoms with Crippen molar-refractivity contribution in [1.29, 1.82) is 0 Å². The number of nitrogen functional groups attached to an aromatic ring is 1. The van der Waals surface area contributed by atoms with Gasteiger partial charge in [0.2, 0.25) is 0 Å². The first kappa shape index (κ1) is 13.3. The standard InChI is InChI=1S/C16H17N5/c1-10-7-8-11(2)14(9-10)21-16(18-19-20-21)13-6-4-5-12(3)15(13)17/h4-9H,17H2,1-3H3. The fourth-order valence-corrected chi connectivity index (χ4v) is 2.34. The Labute approximate surface area is 123 Å². The molecule has 0 amide bonds. The van der Waals surface area contributed by atoms with Crippen LogP contribution in [0.5, 0.6) is 0 Å². The highest BCUT2D eigenvalue weighted by Gasteiger charge is 2.15. The van der Waals surface area contributed by atoms with E-state index in [2.05, 4.69) is 33.7 Å². The van der Waals surface area contributed by atoms with E-state index in [9.17, 15) is 0 Å². The summed E-state index contributed by atoms with van der Waals surface area (Å²) in [5, 5.41) is 12.1. The average molecular weight is 279 g/mol. The minimum Gasteiger partial charge on any atom is -0.398 e. The Morgan fingerprint density at radius 1 is 1.00 bits per heavy atom. The number of nitrogens with zero attached hydrogens (tertiary/aromatic N) is 4. The quantitative estimate of drug-likeness (QED) is 0.732. The van der Waals surface area contributed by atoms with Gasteiger partial charge in [0.1, 0.15) is 0 Å². The lowest BCUT2D eigenvalue weighted by Gasteiger charge is -2.11. The lowest BCUT2D eigenvalue weighted by molar-refractivity contribution is 0.787. The molecule has 1 heterocycles. The number of nitrogens with two attached hydrogens (primary N) is 1. The fourth-order valence-electron chi connectivity index (χ4n) is 2.34. The Morgan fingerprint density at radius 2 is 1.81 bits per heavy atom. The number of tetrazole rings is 1. The molecule has 1 aromatic heterocycles. The first-order valence-corrected chi connectivity index (χ1v) is 6.79. The van der Waals surface area contributed by atoms with Gasteiger partial charge in [-0.3, -0.25) is 0 Å². The lowest BCUT2D eigenvalue weighted by Crippen LogP contribution is -2.04. The molecule has 5 heteroatoms. The highest BCUT2D eigenvalue weighted by Crippen LogP contribution is 2.28. The van der Waals surface area contributed by atoms with Gasteiger partial charge in [0.25, 0.3) is 0 Å². The van der Waals surface area contributed by atoms with E-state index in [-0.39, 0.29) is 0 Å².